The van der Waals surface area contributed by atoms with Crippen LogP contribution in [0.2, 0.25) is 0 Å². The van der Waals surface area contributed by atoms with Crippen molar-refractivity contribution in [3.05, 3.63) is 65.2 Å². The molecule has 4 heteroatoms. The summed E-state index contributed by atoms with van der Waals surface area (Å²) in [5.74, 6) is 0.618. The number of benzene rings is 2. The smallest absolute Gasteiger partial charge is 0.258 e. The van der Waals surface area contributed by atoms with Gasteiger partial charge in [-0.3, -0.25) is 9.69 Å². The molecule has 2 aromatic rings. The summed E-state index contributed by atoms with van der Waals surface area (Å²) in [5, 5.41) is 2.99. The second kappa shape index (κ2) is 9.56. The van der Waals surface area contributed by atoms with Crippen LogP contribution in [0.1, 0.15) is 42.9 Å². The standard InChI is InChI=1S/C23H30N2O2/c1-18-10-12-22(13-11-18)27-17-23(26)24-15-20-8-3-4-9-21(20)16-25-14-6-5-7-19(25)2/h3-4,8-13,19H,5-7,14-17H2,1-2H3,(H,24,26). The molecular weight excluding hydrogens is 336 g/mol. The number of hydrogen-bond acceptors (Lipinski definition) is 3. The first-order chi connectivity index (χ1) is 13.1. The summed E-state index contributed by atoms with van der Waals surface area (Å²) in [6.45, 7) is 7.02. The molecule has 0 saturated carbocycles. The van der Waals surface area contributed by atoms with E-state index in [9.17, 15) is 4.79 Å². The molecule has 0 spiro atoms. The highest BCUT2D eigenvalue weighted by atomic mass is 16.5. The maximum atomic E-state index is 12.2. The number of likely N-dealkylation sites (tertiary alicyclic amines) is 1. The third kappa shape index (κ3) is 5.83. The van der Waals surface area contributed by atoms with Gasteiger partial charge in [0.05, 0.1) is 0 Å². The summed E-state index contributed by atoms with van der Waals surface area (Å²) in [5.41, 5.74) is 3.65. The van der Waals surface area contributed by atoms with Crippen molar-refractivity contribution in [3.8, 4) is 5.75 Å². The van der Waals surface area contributed by atoms with Crippen LogP contribution >= 0.6 is 0 Å². The maximum Gasteiger partial charge on any atom is 0.258 e. The van der Waals surface area contributed by atoms with Gasteiger partial charge in [0.1, 0.15) is 5.75 Å². The average molecular weight is 367 g/mol. The highest BCUT2D eigenvalue weighted by molar-refractivity contribution is 5.77. The van der Waals surface area contributed by atoms with E-state index in [1.807, 2.05) is 37.3 Å². The Hall–Kier alpha value is -2.33. The van der Waals surface area contributed by atoms with E-state index < -0.39 is 0 Å². The molecule has 1 aliphatic rings. The van der Waals surface area contributed by atoms with Crippen molar-refractivity contribution in [2.75, 3.05) is 13.2 Å². The van der Waals surface area contributed by atoms with E-state index in [0.717, 1.165) is 18.8 Å². The van der Waals surface area contributed by atoms with Crippen LogP contribution in [-0.2, 0) is 17.9 Å². The van der Waals surface area contributed by atoms with Gasteiger partial charge in [0.25, 0.3) is 5.91 Å². The van der Waals surface area contributed by atoms with Gasteiger partial charge in [-0.2, -0.15) is 0 Å². The fourth-order valence-electron chi connectivity index (χ4n) is 3.52. The number of carbonyl (C=O) groups excluding carboxylic acids is 1. The number of rotatable bonds is 7. The second-order valence-electron chi connectivity index (χ2n) is 7.46. The van der Waals surface area contributed by atoms with Gasteiger partial charge < -0.3 is 10.1 Å². The molecule has 1 heterocycles. The van der Waals surface area contributed by atoms with Gasteiger partial charge in [0, 0.05) is 19.1 Å². The van der Waals surface area contributed by atoms with Crippen molar-refractivity contribution in [1.29, 1.82) is 0 Å². The second-order valence-corrected chi connectivity index (χ2v) is 7.46. The highest BCUT2D eigenvalue weighted by Gasteiger charge is 2.19. The zero-order chi connectivity index (χ0) is 19.1. The third-order valence-electron chi connectivity index (χ3n) is 5.30. The summed E-state index contributed by atoms with van der Waals surface area (Å²) in [7, 11) is 0. The molecule has 3 rings (SSSR count). The molecule has 0 aromatic heterocycles. The van der Waals surface area contributed by atoms with Gasteiger partial charge in [-0.1, -0.05) is 48.4 Å². The van der Waals surface area contributed by atoms with Crippen LogP contribution in [0.15, 0.2) is 48.5 Å². The number of nitrogens with one attached hydrogen (secondary N) is 1. The summed E-state index contributed by atoms with van der Waals surface area (Å²) >= 11 is 0. The third-order valence-corrected chi connectivity index (χ3v) is 5.30. The number of nitrogens with zero attached hydrogens (tertiary/aromatic N) is 1. The molecular formula is C23H30N2O2. The van der Waals surface area contributed by atoms with Crippen LogP contribution in [0.5, 0.6) is 5.75 Å². The molecule has 1 saturated heterocycles. The van der Waals surface area contributed by atoms with Crippen LogP contribution in [0, 0.1) is 6.92 Å². The Kier molecular flexibility index (Phi) is 6.88. The minimum absolute atomic E-state index is 0.0361. The van der Waals surface area contributed by atoms with Crippen LogP contribution < -0.4 is 10.1 Å². The first-order valence-corrected chi connectivity index (χ1v) is 9.89. The van der Waals surface area contributed by atoms with Crippen molar-refractivity contribution < 1.29 is 9.53 Å². The number of carbonyl (C=O) groups is 1. The van der Waals surface area contributed by atoms with Gasteiger partial charge in [0.15, 0.2) is 6.61 Å². The minimum Gasteiger partial charge on any atom is -0.484 e. The Labute approximate surface area is 162 Å². The largest absolute Gasteiger partial charge is 0.484 e. The van der Waals surface area contributed by atoms with Crippen LogP contribution in [0.3, 0.4) is 0 Å². The van der Waals surface area contributed by atoms with E-state index in [-0.39, 0.29) is 12.5 Å². The van der Waals surface area contributed by atoms with Gasteiger partial charge in [-0.15, -0.1) is 0 Å². The molecule has 1 N–H and O–H groups in total. The molecule has 0 radical (unpaired) electrons. The van der Waals surface area contributed by atoms with E-state index in [1.54, 1.807) is 0 Å². The fraction of sp³-hybridized carbons (Fsp3) is 0.435. The lowest BCUT2D eigenvalue weighted by Gasteiger charge is -2.33. The van der Waals surface area contributed by atoms with Crippen LogP contribution in [-0.4, -0.2) is 30.0 Å². The Balaban J connectivity index is 1.51. The molecule has 1 amide bonds. The number of ether oxygens (including phenoxy) is 1. The van der Waals surface area contributed by atoms with Gasteiger partial charge in [0.2, 0.25) is 0 Å². The Bertz CT molecular complexity index is 742. The average Bonchev–Trinajstić information content (AvgIpc) is 2.68. The Morgan fingerprint density at radius 1 is 1.11 bits per heavy atom. The number of amides is 1. The van der Waals surface area contributed by atoms with Crippen molar-refractivity contribution >= 4 is 5.91 Å². The van der Waals surface area contributed by atoms with Crippen molar-refractivity contribution in [2.24, 2.45) is 0 Å². The lowest BCUT2D eigenvalue weighted by atomic mass is 10.0. The van der Waals surface area contributed by atoms with E-state index in [0.29, 0.717) is 12.6 Å². The van der Waals surface area contributed by atoms with Crippen molar-refractivity contribution in [3.63, 3.8) is 0 Å². The summed E-state index contributed by atoms with van der Waals surface area (Å²) in [6, 6.07) is 16.7. The molecule has 4 nitrogen and oxygen atoms in total. The first-order valence-electron chi connectivity index (χ1n) is 9.89. The van der Waals surface area contributed by atoms with Crippen LogP contribution in [0.4, 0.5) is 0 Å². The fourth-order valence-corrected chi connectivity index (χ4v) is 3.52. The SMILES string of the molecule is Cc1ccc(OCC(=O)NCc2ccccc2CN2CCCCC2C)cc1. The molecule has 0 aliphatic carbocycles. The normalized spacial score (nSPS) is 17.5. The molecule has 27 heavy (non-hydrogen) atoms. The predicted molar refractivity (Wildman–Crippen MR) is 109 cm³/mol. The Morgan fingerprint density at radius 3 is 2.59 bits per heavy atom. The minimum atomic E-state index is -0.100. The zero-order valence-electron chi connectivity index (χ0n) is 16.4. The molecule has 1 fully saturated rings. The summed E-state index contributed by atoms with van der Waals surface area (Å²) < 4.78 is 5.56. The highest BCUT2D eigenvalue weighted by Crippen LogP contribution is 2.20. The van der Waals surface area contributed by atoms with Crippen molar-refractivity contribution in [2.45, 2.75) is 52.2 Å². The maximum absolute atomic E-state index is 12.2. The molecule has 1 aliphatic heterocycles. The van der Waals surface area contributed by atoms with Gasteiger partial charge in [-0.05, 0) is 56.5 Å². The topological polar surface area (TPSA) is 41.6 Å². The molecule has 0 bridgehead atoms. The van der Waals surface area contributed by atoms with Gasteiger partial charge in [-0.25, -0.2) is 0 Å². The lowest BCUT2D eigenvalue weighted by Crippen LogP contribution is -2.37. The van der Waals surface area contributed by atoms with Gasteiger partial charge >= 0.3 is 0 Å². The van der Waals surface area contributed by atoms with E-state index >= 15 is 0 Å². The molecule has 1 atom stereocenters. The Morgan fingerprint density at radius 2 is 1.85 bits per heavy atom. The monoisotopic (exact) mass is 366 g/mol. The van der Waals surface area contributed by atoms with E-state index in [1.165, 1.54) is 36.0 Å². The lowest BCUT2D eigenvalue weighted by molar-refractivity contribution is -0.123. The summed E-state index contributed by atoms with van der Waals surface area (Å²) in [4.78, 5) is 14.7. The van der Waals surface area contributed by atoms with Crippen molar-refractivity contribution in [1.82, 2.24) is 10.2 Å². The molecule has 2 aromatic carbocycles. The quantitative estimate of drug-likeness (QED) is 0.803. The predicted octanol–water partition coefficient (Wildman–Crippen LogP) is 4.06. The van der Waals surface area contributed by atoms with E-state index in [2.05, 4.69) is 35.3 Å². The number of hydrogen-bond donors (Lipinski definition) is 1. The zero-order valence-corrected chi connectivity index (χ0v) is 16.4. The molecule has 144 valence electrons. The number of piperidine rings is 1. The number of aryl methyl sites for hydroxylation is 1. The van der Waals surface area contributed by atoms with E-state index in [4.69, 9.17) is 4.74 Å². The van der Waals surface area contributed by atoms with Crippen LogP contribution in [0.25, 0.3) is 0 Å². The summed E-state index contributed by atoms with van der Waals surface area (Å²) in [6.07, 6.45) is 3.88. The molecule has 1 unspecified atom stereocenters. The first kappa shape index (κ1) is 19.4.